The van der Waals surface area contributed by atoms with E-state index in [0.29, 0.717) is 0 Å². The summed E-state index contributed by atoms with van der Waals surface area (Å²) in [7, 11) is 0. The Morgan fingerprint density at radius 3 is 3.00 bits per heavy atom. The van der Waals surface area contributed by atoms with Crippen LogP contribution in [0.4, 0.5) is 4.79 Å². The molecular formula is C10H16N2O4. The Labute approximate surface area is 93.8 Å². The zero-order valence-electron chi connectivity index (χ0n) is 9.26. The van der Waals surface area contributed by atoms with E-state index in [1.165, 1.54) is 4.90 Å². The molecule has 2 rings (SSSR count). The molecule has 0 aliphatic carbocycles. The van der Waals surface area contributed by atoms with E-state index in [1.54, 1.807) is 0 Å². The number of carbonyl (C=O) groups excluding carboxylic acids is 1. The van der Waals surface area contributed by atoms with E-state index in [1.807, 2.05) is 6.92 Å². The average molecular weight is 228 g/mol. The summed E-state index contributed by atoms with van der Waals surface area (Å²) in [5.41, 5.74) is 0. The first kappa shape index (κ1) is 11.2. The molecule has 0 aromatic heterocycles. The first-order valence-corrected chi connectivity index (χ1v) is 5.57. The van der Waals surface area contributed by atoms with Gasteiger partial charge < -0.3 is 9.84 Å². The van der Waals surface area contributed by atoms with Gasteiger partial charge in [0.05, 0.1) is 6.17 Å². The highest BCUT2D eigenvalue weighted by atomic mass is 16.6. The van der Waals surface area contributed by atoms with Crippen LogP contribution in [0.25, 0.3) is 0 Å². The summed E-state index contributed by atoms with van der Waals surface area (Å²) < 4.78 is 4.82. The molecule has 0 radical (unpaired) electrons. The zero-order chi connectivity index (χ0) is 11.7. The fraction of sp³-hybridized carbons (Fsp3) is 0.800. The van der Waals surface area contributed by atoms with Gasteiger partial charge in [0.2, 0.25) is 0 Å². The summed E-state index contributed by atoms with van der Waals surface area (Å²) in [6.45, 7) is 3.70. The highest BCUT2D eigenvalue weighted by Crippen LogP contribution is 2.26. The van der Waals surface area contributed by atoms with Gasteiger partial charge in [-0.1, -0.05) is 6.92 Å². The van der Waals surface area contributed by atoms with Crippen LogP contribution < -0.4 is 0 Å². The quantitative estimate of drug-likeness (QED) is 0.754. The number of ether oxygens (including phenoxy) is 1. The molecule has 0 bridgehead atoms. The van der Waals surface area contributed by atoms with Crippen molar-refractivity contribution in [3.63, 3.8) is 0 Å². The monoisotopic (exact) mass is 228 g/mol. The second kappa shape index (κ2) is 4.29. The zero-order valence-corrected chi connectivity index (χ0v) is 9.26. The van der Waals surface area contributed by atoms with Crippen LogP contribution in [0.2, 0.25) is 0 Å². The Bertz CT molecular complexity index is 307. The summed E-state index contributed by atoms with van der Waals surface area (Å²) in [5.74, 6) is -0.992. The molecule has 0 saturated carbocycles. The molecule has 2 fully saturated rings. The lowest BCUT2D eigenvalue weighted by Gasteiger charge is -2.31. The first-order valence-electron chi connectivity index (χ1n) is 5.57. The van der Waals surface area contributed by atoms with E-state index in [9.17, 15) is 9.59 Å². The average Bonchev–Trinajstić information content (AvgIpc) is 2.82. The molecule has 1 amide bonds. The fourth-order valence-electron chi connectivity index (χ4n) is 2.44. The Kier molecular flexibility index (Phi) is 3.00. The topological polar surface area (TPSA) is 70.1 Å². The van der Waals surface area contributed by atoms with Crippen LogP contribution in [-0.4, -0.2) is 58.9 Å². The van der Waals surface area contributed by atoms with E-state index < -0.39 is 18.1 Å². The van der Waals surface area contributed by atoms with Crippen molar-refractivity contribution in [3.8, 4) is 0 Å². The van der Waals surface area contributed by atoms with Gasteiger partial charge in [-0.25, -0.2) is 9.59 Å². The Hall–Kier alpha value is -1.30. The molecule has 6 heteroatoms. The highest BCUT2D eigenvalue weighted by Gasteiger charge is 2.45. The Balaban J connectivity index is 2.16. The molecule has 90 valence electrons. The predicted octanol–water partition coefficient (Wildman–Crippen LogP) is 0.334. The molecule has 0 aromatic rings. The van der Waals surface area contributed by atoms with Crippen molar-refractivity contribution in [1.82, 2.24) is 9.80 Å². The van der Waals surface area contributed by atoms with E-state index in [-0.39, 0.29) is 12.8 Å². The molecule has 16 heavy (non-hydrogen) atoms. The van der Waals surface area contributed by atoms with Crippen molar-refractivity contribution < 1.29 is 19.4 Å². The van der Waals surface area contributed by atoms with Crippen LogP contribution in [0.15, 0.2) is 0 Å². The largest absolute Gasteiger partial charge is 0.480 e. The molecular weight excluding hydrogens is 212 g/mol. The van der Waals surface area contributed by atoms with Crippen LogP contribution in [0.5, 0.6) is 0 Å². The molecule has 2 aliphatic rings. The number of carbonyl (C=O) groups is 2. The Morgan fingerprint density at radius 2 is 2.38 bits per heavy atom. The van der Waals surface area contributed by atoms with Crippen molar-refractivity contribution >= 4 is 12.1 Å². The Morgan fingerprint density at radius 1 is 1.62 bits per heavy atom. The molecule has 2 unspecified atom stereocenters. The molecule has 0 spiro atoms. The predicted molar refractivity (Wildman–Crippen MR) is 54.9 cm³/mol. The summed E-state index contributed by atoms with van der Waals surface area (Å²) in [5, 5.41) is 9.03. The van der Waals surface area contributed by atoms with E-state index in [2.05, 4.69) is 4.90 Å². The third kappa shape index (κ3) is 1.73. The molecule has 2 aliphatic heterocycles. The van der Waals surface area contributed by atoms with Crippen molar-refractivity contribution in [2.45, 2.75) is 32.0 Å². The summed E-state index contributed by atoms with van der Waals surface area (Å²) in [6.07, 6.45) is 1.21. The van der Waals surface area contributed by atoms with E-state index in [4.69, 9.17) is 9.84 Å². The minimum absolute atomic E-state index is 0.0395. The molecule has 0 aromatic carbocycles. The normalized spacial score (nSPS) is 30.8. The molecule has 6 nitrogen and oxygen atoms in total. The van der Waals surface area contributed by atoms with Crippen LogP contribution in [0.3, 0.4) is 0 Å². The number of amides is 1. The van der Waals surface area contributed by atoms with Gasteiger partial charge in [-0.2, -0.15) is 0 Å². The minimum Gasteiger partial charge on any atom is -0.480 e. The summed E-state index contributed by atoms with van der Waals surface area (Å²) >= 11 is 0. The summed E-state index contributed by atoms with van der Waals surface area (Å²) in [4.78, 5) is 26.1. The minimum atomic E-state index is -0.992. The van der Waals surface area contributed by atoms with Crippen LogP contribution >= 0.6 is 0 Å². The molecule has 2 atom stereocenters. The first-order chi connectivity index (χ1) is 7.65. The lowest BCUT2D eigenvalue weighted by molar-refractivity contribution is -0.142. The van der Waals surface area contributed by atoms with Crippen LogP contribution in [-0.2, 0) is 9.53 Å². The van der Waals surface area contributed by atoms with Crippen LogP contribution in [0.1, 0.15) is 19.8 Å². The smallest absolute Gasteiger partial charge is 0.412 e. The van der Waals surface area contributed by atoms with Crippen molar-refractivity contribution in [3.05, 3.63) is 0 Å². The van der Waals surface area contributed by atoms with Crippen molar-refractivity contribution in [2.24, 2.45) is 0 Å². The maximum Gasteiger partial charge on any atom is 0.412 e. The maximum absolute atomic E-state index is 11.6. The molecule has 2 heterocycles. The van der Waals surface area contributed by atoms with Crippen LogP contribution in [0, 0.1) is 0 Å². The van der Waals surface area contributed by atoms with Gasteiger partial charge in [0.25, 0.3) is 0 Å². The van der Waals surface area contributed by atoms with Crippen molar-refractivity contribution in [1.29, 1.82) is 0 Å². The SMILES string of the molecule is CCN1CCCC1N1C(=O)OCC1C(=O)O. The van der Waals surface area contributed by atoms with Gasteiger partial charge in [0, 0.05) is 6.54 Å². The molecule has 1 N–H and O–H groups in total. The van der Waals surface area contributed by atoms with Gasteiger partial charge in [0.1, 0.15) is 6.61 Å². The highest BCUT2D eigenvalue weighted by molar-refractivity contribution is 5.83. The number of hydrogen-bond donors (Lipinski definition) is 1. The number of aliphatic carboxylic acids is 1. The van der Waals surface area contributed by atoms with Gasteiger partial charge in [-0.15, -0.1) is 0 Å². The number of rotatable bonds is 3. The third-order valence-electron chi connectivity index (χ3n) is 3.25. The summed E-state index contributed by atoms with van der Waals surface area (Å²) in [6, 6.07) is -0.829. The lowest BCUT2D eigenvalue weighted by atomic mass is 10.2. The number of cyclic esters (lactones) is 1. The van der Waals surface area contributed by atoms with Gasteiger partial charge in [-0.3, -0.25) is 9.80 Å². The second-order valence-corrected chi connectivity index (χ2v) is 4.09. The number of hydrogen-bond acceptors (Lipinski definition) is 4. The van der Waals surface area contributed by atoms with Gasteiger partial charge in [0.15, 0.2) is 6.04 Å². The lowest BCUT2D eigenvalue weighted by Crippen LogP contribution is -2.51. The number of carboxylic acid groups (broad SMARTS) is 1. The van der Waals surface area contributed by atoms with Crippen molar-refractivity contribution in [2.75, 3.05) is 19.7 Å². The number of likely N-dealkylation sites (tertiary alicyclic amines) is 1. The van der Waals surface area contributed by atoms with E-state index in [0.717, 1.165) is 25.9 Å². The van der Waals surface area contributed by atoms with Gasteiger partial charge in [-0.05, 0) is 19.4 Å². The van der Waals surface area contributed by atoms with Gasteiger partial charge >= 0.3 is 12.1 Å². The fourth-order valence-corrected chi connectivity index (χ4v) is 2.44. The number of carboxylic acids is 1. The standard InChI is InChI=1S/C10H16N2O4/c1-2-11-5-3-4-8(11)12-7(9(13)14)6-16-10(12)15/h7-8H,2-6H2,1H3,(H,13,14). The molecule has 2 saturated heterocycles. The van der Waals surface area contributed by atoms with E-state index >= 15 is 0 Å². The number of nitrogens with zero attached hydrogens (tertiary/aromatic N) is 2. The second-order valence-electron chi connectivity index (χ2n) is 4.09. The third-order valence-corrected chi connectivity index (χ3v) is 3.25. The maximum atomic E-state index is 11.6.